The Morgan fingerprint density at radius 3 is 3.20 bits per heavy atom. The quantitative estimate of drug-likeness (QED) is 0.819. The lowest BCUT2D eigenvalue weighted by atomic mass is 9.94. The molecule has 1 unspecified atom stereocenters. The van der Waals surface area contributed by atoms with Crippen LogP contribution in [0.25, 0.3) is 0 Å². The van der Waals surface area contributed by atoms with Crippen LogP contribution < -0.4 is 5.32 Å². The molecule has 0 fully saturated rings. The van der Waals surface area contributed by atoms with Gasteiger partial charge < -0.3 is 5.32 Å². The molecule has 1 aliphatic rings. The standard InChI is InChI=1S/C13H21NS/c1-10(2)6-8-14-12-4-3-5-13-11(12)7-9-15-13/h7,9-10,12,14H,3-6,8H2,1-2H3. The van der Waals surface area contributed by atoms with Crippen LogP contribution >= 0.6 is 11.3 Å². The lowest BCUT2D eigenvalue weighted by Crippen LogP contribution is -2.25. The van der Waals surface area contributed by atoms with Gasteiger partial charge in [-0.3, -0.25) is 0 Å². The highest BCUT2D eigenvalue weighted by Crippen LogP contribution is 2.33. The molecule has 0 spiro atoms. The van der Waals surface area contributed by atoms with Gasteiger partial charge in [-0.05, 0) is 55.2 Å². The molecule has 1 N–H and O–H groups in total. The molecule has 0 amide bonds. The Balaban J connectivity index is 1.89. The summed E-state index contributed by atoms with van der Waals surface area (Å²) in [6.07, 6.45) is 5.26. The second-order valence-electron chi connectivity index (χ2n) is 4.88. The van der Waals surface area contributed by atoms with E-state index in [-0.39, 0.29) is 0 Å². The number of rotatable bonds is 4. The lowest BCUT2D eigenvalue weighted by Gasteiger charge is -2.24. The Kier molecular flexibility index (Phi) is 3.81. The smallest absolute Gasteiger partial charge is 0.0331 e. The molecule has 0 saturated heterocycles. The number of hydrogen-bond donors (Lipinski definition) is 1. The topological polar surface area (TPSA) is 12.0 Å². The Hall–Kier alpha value is -0.340. The van der Waals surface area contributed by atoms with Gasteiger partial charge in [0.2, 0.25) is 0 Å². The van der Waals surface area contributed by atoms with Crippen molar-refractivity contribution in [1.82, 2.24) is 5.32 Å². The fraction of sp³-hybridized carbons (Fsp3) is 0.692. The summed E-state index contributed by atoms with van der Waals surface area (Å²) in [5.41, 5.74) is 1.58. The summed E-state index contributed by atoms with van der Waals surface area (Å²) in [6.45, 7) is 5.74. The van der Waals surface area contributed by atoms with Crippen molar-refractivity contribution in [2.75, 3.05) is 6.54 Å². The molecule has 0 bridgehead atoms. The summed E-state index contributed by atoms with van der Waals surface area (Å²) in [6, 6.07) is 2.95. The van der Waals surface area contributed by atoms with E-state index in [0.717, 1.165) is 12.5 Å². The monoisotopic (exact) mass is 223 g/mol. The van der Waals surface area contributed by atoms with Crippen molar-refractivity contribution in [3.8, 4) is 0 Å². The zero-order valence-electron chi connectivity index (χ0n) is 9.75. The third-order valence-corrected chi connectivity index (χ3v) is 4.16. The maximum Gasteiger partial charge on any atom is 0.0331 e. The van der Waals surface area contributed by atoms with Crippen LogP contribution in [0.5, 0.6) is 0 Å². The Labute approximate surface area is 96.9 Å². The van der Waals surface area contributed by atoms with Crippen LogP contribution in [0.1, 0.15) is 49.6 Å². The summed E-state index contributed by atoms with van der Waals surface area (Å²) >= 11 is 1.93. The molecule has 1 nitrogen and oxygen atoms in total. The van der Waals surface area contributed by atoms with Gasteiger partial charge in [0.1, 0.15) is 0 Å². The Morgan fingerprint density at radius 1 is 1.53 bits per heavy atom. The van der Waals surface area contributed by atoms with Crippen molar-refractivity contribution in [1.29, 1.82) is 0 Å². The first-order chi connectivity index (χ1) is 7.27. The minimum absolute atomic E-state index is 0.638. The van der Waals surface area contributed by atoms with Crippen molar-refractivity contribution in [2.24, 2.45) is 5.92 Å². The second kappa shape index (κ2) is 5.13. The molecule has 1 aliphatic carbocycles. The molecule has 15 heavy (non-hydrogen) atoms. The van der Waals surface area contributed by atoms with Crippen LogP contribution in [0.3, 0.4) is 0 Å². The zero-order valence-corrected chi connectivity index (χ0v) is 10.6. The average Bonchev–Trinajstić information content (AvgIpc) is 2.65. The summed E-state index contributed by atoms with van der Waals surface area (Å²) in [5.74, 6) is 0.808. The van der Waals surface area contributed by atoms with Gasteiger partial charge in [0.05, 0.1) is 0 Å². The van der Waals surface area contributed by atoms with Crippen LogP contribution in [0.4, 0.5) is 0 Å². The molecular formula is C13H21NS. The minimum Gasteiger partial charge on any atom is -0.310 e. The van der Waals surface area contributed by atoms with Gasteiger partial charge in [-0.1, -0.05) is 13.8 Å². The highest BCUT2D eigenvalue weighted by molar-refractivity contribution is 7.10. The van der Waals surface area contributed by atoms with E-state index in [1.807, 2.05) is 11.3 Å². The first-order valence-corrected chi connectivity index (χ1v) is 6.95. The molecule has 0 saturated carbocycles. The van der Waals surface area contributed by atoms with E-state index in [9.17, 15) is 0 Å². The number of nitrogens with one attached hydrogen (secondary N) is 1. The van der Waals surface area contributed by atoms with Gasteiger partial charge in [0, 0.05) is 10.9 Å². The molecule has 1 atom stereocenters. The molecule has 2 heteroatoms. The molecule has 84 valence electrons. The van der Waals surface area contributed by atoms with E-state index < -0.39 is 0 Å². The Bertz CT molecular complexity index is 303. The molecule has 0 aromatic carbocycles. The van der Waals surface area contributed by atoms with E-state index >= 15 is 0 Å². The second-order valence-corrected chi connectivity index (χ2v) is 5.88. The Morgan fingerprint density at radius 2 is 2.40 bits per heavy atom. The molecule has 0 aliphatic heterocycles. The zero-order chi connectivity index (χ0) is 10.7. The van der Waals surface area contributed by atoms with Gasteiger partial charge in [0.15, 0.2) is 0 Å². The van der Waals surface area contributed by atoms with Gasteiger partial charge in [-0.15, -0.1) is 11.3 Å². The highest BCUT2D eigenvalue weighted by atomic mass is 32.1. The van der Waals surface area contributed by atoms with Gasteiger partial charge in [0.25, 0.3) is 0 Å². The van der Waals surface area contributed by atoms with Crippen LogP contribution in [-0.2, 0) is 6.42 Å². The third kappa shape index (κ3) is 2.82. The first kappa shape index (κ1) is 11.2. The van der Waals surface area contributed by atoms with Gasteiger partial charge in [-0.2, -0.15) is 0 Å². The van der Waals surface area contributed by atoms with Crippen LogP contribution in [0, 0.1) is 5.92 Å². The summed E-state index contributed by atoms with van der Waals surface area (Å²) in [4.78, 5) is 1.61. The highest BCUT2D eigenvalue weighted by Gasteiger charge is 2.20. The average molecular weight is 223 g/mol. The van der Waals surface area contributed by atoms with Crippen LogP contribution in [0.2, 0.25) is 0 Å². The van der Waals surface area contributed by atoms with E-state index in [1.54, 1.807) is 10.4 Å². The maximum absolute atomic E-state index is 3.70. The van der Waals surface area contributed by atoms with Gasteiger partial charge >= 0.3 is 0 Å². The normalized spacial score (nSPS) is 20.6. The number of aryl methyl sites for hydroxylation is 1. The van der Waals surface area contributed by atoms with Crippen LogP contribution in [-0.4, -0.2) is 6.54 Å². The third-order valence-electron chi connectivity index (χ3n) is 3.16. The van der Waals surface area contributed by atoms with Gasteiger partial charge in [-0.25, -0.2) is 0 Å². The fourth-order valence-electron chi connectivity index (χ4n) is 2.24. The predicted octanol–water partition coefficient (Wildman–Crippen LogP) is 3.76. The minimum atomic E-state index is 0.638. The van der Waals surface area contributed by atoms with Crippen molar-refractivity contribution < 1.29 is 0 Å². The predicted molar refractivity (Wildman–Crippen MR) is 67.5 cm³/mol. The SMILES string of the molecule is CC(C)CCNC1CCCc2sccc21. The molecule has 0 radical (unpaired) electrons. The molecule has 2 rings (SSSR count). The summed E-state index contributed by atoms with van der Waals surface area (Å²) in [7, 11) is 0. The largest absolute Gasteiger partial charge is 0.310 e. The maximum atomic E-state index is 3.70. The van der Waals surface area contributed by atoms with E-state index in [0.29, 0.717) is 6.04 Å². The summed E-state index contributed by atoms with van der Waals surface area (Å²) < 4.78 is 0. The van der Waals surface area contributed by atoms with Crippen molar-refractivity contribution in [3.05, 3.63) is 21.9 Å². The van der Waals surface area contributed by atoms with E-state index in [1.165, 1.54) is 25.7 Å². The number of thiophene rings is 1. The number of hydrogen-bond acceptors (Lipinski definition) is 2. The van der Waals surface area contributed by atoms with Crippen molar-refractivity contribution in [3.63, 3.8) is 0 Å². The molecule has 1 aromatic rings. The van der Waals surface area contributed by atoms with Crippen molar-refractivity contribution >= 4 is 11.3 Å². The summed E-state index contributed by atoms with van der Waals surface area (Å²) in [5, 5.41) is 5.95. The van der Waals surface area contributed by atoms with E-state index in [4.69, 9.17) is 0 Å². The molecular weight excluding hydrogens is 202 g/mol. The number of fused-ring (bicyclic) bond motifs is 1. The lowest BCUT2D eigenvalue weighted by molar-refractivity contribution is 0.436. The van der Waals surface area contributed by atoms with Crippen LogP contribution in [0.15, 0.2) is 11.4 Å². The van der Waals surface area contributed by atoms with E-state index in [2.05, 4.69) is 30.6 Å². The first-order valence-electron chi connectivity index (χ1n) is 6.07. The molecule has 1 heterocycles. The molecule has 1 aromatic heterocycles. The van der Waals surface area contributed by atoms with Crippen molar-refractivity contribution in [2.45, 2.75) is 45.6 Å². The fourth-order valence-corrected chi connectivity index (χ4v) is 3.23.